The summed E-state index contributed by atoms with van der Waals surface area (Å²) in [5.74, 6) is -1.02. The Hall–Kier alpha value is -1.75. The van der Waals surface area contributed by atoms with Crippen molar-refractivity contribution in [3.8, 4) is 5.75 Å². The van der Waals surface area contributed by atoms with Gasteiger partial charge in [-0.3, -0.25) is 4.79 Å². The zero-order valence-corrected chi connectivity index (χ0v) is 13.0. The van der Waals surface area contributed by atoms with Gasteiger partial charge >= 0.3 is 5.97 Å². The Morgan fingerprint density at radius 2 is 2.00 bits per heavy atom. The SMILES string of the molecule is CCCCCCC(=O)Nc1cc(C(=O)O)cc(Cl)c1OC. The van der Waals surface area contributed by atoms with Crippen LogP contribution in [0, 0.1) is 0 Å². The van der Waals surface area contributed by atoms with Gasteiger partial charge in [-0.1, -0.05) is 37.8 Å². The molecule has 0 aliphatic rings. The minimum atomic E-state index is -1.11. The molecule has 0 atom stereocenters. The number of aromatic carboxylic acids is 1. The number of carbonyl (C=O) groups excluding carboxylic acids is 1. The van der Waals surface area contributed by atoms with Gasteiger partial charge in [-0.25, -0.2) is 4.79 Å². The molecule has 1 aromatic rings. The molecular formula is C15H20ClNO4. The van der Waals surface area contributed by atoms with E-state index in [1.54, 1.807) is 0 Å². The van der Waals surface area contributed by atoms with E-state index in [0.717, 1.165) is 25.7 Å². The molecule has 116 valence electrons. The molecule has 0 aromatic heterocycles. The number of anilines is 1. The van der Waals surface area contributed by atoms with Gasteiger partial charge in [-0.05, 0) is 18.6 Å². The molecule has 2 N–H and O–H groups in total. The summed E-state index contributed by atoms with van der Waals surface area (Å²) in [6.07, 6.45) is 4.38. The maximum absolute atomic E-state index is 11.9. The number of carboxylic acids is 1. The number of benzene rings is 1. The fourth-order valence-electron chi connectivity index (χ4n) is 1.94. The van der Waals surface area contributed by atoms with E-state index in [2.05, 4.69) is 12.2 Å². The number of ether oxygens (including phenoxy) is 1. The molecule has 0 bridgehead atoms. The molecule has 0 unspecified atom stereocenters. The summed E-state index contributed by atoms with van der Waals surface area (Å²) in [4.78, 5) is 22.9. The maximum Gasteiger partial charge on any atom is 0.335 e. The Labute approximate surface area is 129 Å². The first-order valence-corrected chi connectivity index (χ1v) is 7.28. The minimum Gasteiger partial charge on any atom is -0.493 e. The molecule has 6 heteroatoms. The van der Waals surface area contributed by atoms with Crippen molar-refractivity contribution >= 4 is 29.2 Å². The van der Waals surface area contributed by atoms with Crippen LogP contribution in [0.2, 0.25) is 5.02 Å². The molecule has 1 rings (SSSR count). The molecule has 5 nitrogen and oxygen atoms in total. The van der Waals surface area contributed by atoms with Crippen LogP contribution < -0.4 is 10.1 Å². The molecule has 0 saturated heterocycles. The van der Waals surface area contributed by atoms with Crippen molar-refractivity contribution in [1.29, 1.82) is 0 Å². The van der Waals surface area contributed by atoms with Gasteiger partial charge in [0.25, 0.3) is 0 Å². The number of amides is 1. The first-order chi connectivity index (χ1) is 9.99. The van der Waals surface area contributed by atoms with Gasteiger partial charge in [-0.15, -0.1) is 0 Å². The second-order valence-corrected chi connectivity index (χ2v) is 5.11. The Kier molecular flexibility index (Phi) is 7.02. The van der Waals surface area contributed by atoms with Crippen LogP contribution in [0.4, 0.5) is 5.69 Å². The van der Waals surface area contributed by atoms with Crippen molar-refractivity contribution in [2.24, 2.45) is 0 Å². The van der Waals surface area contributed by atoms with Crippen molar-refractivity contribution in [3.05, 3.63) is 22.7 Å². The molecule has 0 spiro atoms. The van der Waals surface area contributed by atoms with Crippen molar-refractivity contribution in [3.63, 3.8) is 0 Å². The van der Waals surface area contributed by atoms with Crippen LogP contribution in [0.5, 0.6) is 5.75 Å². The Bertz CT molecular complexity index is 517. The number of nitrogens with one attached hydrogen (secondary N) is 1. The van der Waals surface area contributed by atoms with Gasteiger partial charge in [0.15, 0.2) is 5.75 Å². The lowest BCUT2D eigenvalue weighted by molar-refractivity contribution is -0.116. The molecule has 0 aliphatic carbocycles. The lowest BCUT2D eigenvalue weighted by Crippen LogP contribution is -2.13. The quantitative estimate of drug-likeness (QED) is 0.712. The molecule has 0 heterocycles. The predicted molar refractivity (Wildman–Crippen MR) is 82.4 cm³/mol. The van der Waals surface area contributed by atoms with Gasteiger partial charge in [0, 0.05) is 6.42 Å². The third-order valence-corrected chi connectivity index (χ3v) is 3.31. The number of carbonyl (C=O) groups is 2. The zero-order valence-electron chi connectivity index (χ0n) is 12.2. The number of methoxy groups -OCH3 is 1. The molecule has 0 saturated carbocycles. The van der Waals surface area contributed by atoms with Crippen LogP contribution in [0.25, 0.3) is 0 Å². The Morgan fingerprint density at radius 3 is 2.57 bits per heavy atom. The average molecular weight is 314 g/mol. The summed E-state index contributed by atoms with van der Waals surface area (Å²) >= 11 is 5.97. The second-order valence-electron chi connectivity index (χ2n) is 4.70. The molecule has 21 heavy (non-hydrogen) atoms. The van der Waals surface area contributed by atoms with E-state index in [1.165, 1.54) is 19.2 Å². The van der Waals surface area contributed by atoms with E-state index >= 15 is 0 Å². The van der Waals surface area contributed by atoms with Gasteiger partial charge in [0.05, 0.1) is 23.4 Å². The van der Waals surface area contributed by atoms with Crippen molar-refractivity contribution in [2.45, 2.75) is 39.0 Å². The largest absolute Gasteiger partial charge is 0.493 e. The van der Waals surface area contributed by atoms with Gasteiger partial charge < -0.3 is 15.2 Å². The van der Waals surface area contributed by atoms with E-state index in [4.69, 9.17) is 21.4 Å². The summed E-state index contributed by atoms with van der Waals surface area (Å²) in [6.45, 7) is 2.10. The highest BCUT2D eigenvalue weighted by atomic mass is 35.5. The highest BCUT2D eigenvalue weighted by Gasteiger charge is 2.15. The van der Waals surface area contributed by atoms with E-state index in [9.17, 15) is 9.59 Å². The molecule has 1 amide bonds. The van der Waals surface area contributed by atoms with Crippen molar-refractivity contribution < 1.29 is 19.4 Å². The van der Waals surface area contributed by atoms with Crippen LogP contribution in [0.3, 0.4) is 0 Å². The Balaban J connectivity index is 2.80. The summed E-state index contributed by atoms with van der Waals surface area (Å²) in [5.41, 5.74) is 0.282. The average Bonchev–Trinajstić information content (AvgIpc) is 2.43. The van der Waals surface area contributed by atoms with Gasteiger partial charge in [-0.2, -0.15) is 0 Å². The normalized spacial score (nSPS) is 10.2. The van der Waals surface area contributed by atoms with Gasteiger partial charge in [0.1, 0.15) is 0 Å². The summed E-state index contributed by atoms with van der Waals surface area (Å²) in [7, 11) is 1.42. The van der Waals surface area contributed by atoms with Crippen LogP contribution >= 0.6 is 11.6 Å². The summed E-state index contributed by atoms with van der Waals surface area (Å²) in [5, 5.41) is 11.8. The predicted octanol–water partition coefficient (Wildman–Crippen LogP) is 3.96. The van der Waals surface area contributed by atoms with Crippen molar-refractivity contribution in [2.75, 3.05) is 12.4 Å². The molecule has 0 aliphatic heterocycles. The highest BCUT2D eigenvalue weighted by Crippen LogP contribution is 2.34. The maximum atomic E-state index is 11.9. The van der Waals surface area contributed by atoms with Gasteiger partial charge in [0.2, 0.25) is 5.91 Å². The Morgan fingerprint density at radius 1 is 1.29 bits per heavy atom. The lowest BCUT2D eigenvalue weighted by Gasteiger charge is -2.12. The highest BCUT2D eigenvalue weighted by molar-refractivity contribution is 6.33. The number of halogens is 1. The number of unbranched alkanes of at least 4 members (excludes halogenated alkanes) is 3. The van der Waals surface area contributed by atoms with E-state index in [1.807, 2.05) is 0 Å². The lowest BCUT2D eigenvalue weighted by atomic mass is 10.1. The number of rotatable bonds is 8. The number of hydrogen-bond donors (Lipinski definition) is 2. The van der Waals surface area contributed by atoms with E-state index < -0.39 is 5.97 Å². The first-order valence-electron chi connectivity index (χ1n) is 6.90. The fourth-order valence-corrected chi connectivity index (χ4v) is 2.24. The van der Waals surface area contributed by atoms with Crippen LogP contribution in [-0.2, 0) is 4.79 Å². The fraction of sp³-hybridized carbons (Fsp3) is 0.467. The number of carboxylic acid groups (broad SMARTS) is 1. The molecule has 1 aromatic carbocycles. The summed E-state index contributed by atoms with van der Waals surface area (Å²) < 4.78 is 5.12. The standard InChI is InChI=1S/C15H20ClNO4/c1-3-4-5-6-7-13(18)17-12-9-10(15(19)20)8-11(16)14(12)21-2/h8-9H,3-7H2,1-2H3,(H,17,18)(H,19,20). The minimum absolute atomic E-state index is 0.00193. The molecular weight excluding hydrogens is 294 g/mol. The van der Waals surface area contributed by atoms with Crippen LogP contribution in [-0.4, -0.2) is 24.1 Å². The third kappa shape index (κ3) is 5.27. The monoisotopic (exact) mass is 313 g/mol. The third-order valence-electron chi connectivity index (χ3n) is 3.03. The zero-order chi connectivity index (χ0) is 15.8. The van der Waals surface area contributed by atoms with E-state index in [-0.39, 0.29) is 27.9 Å². The topological polar surface area (TPSA) is 75.6 Å². The van der Waals surface area contributed by atoms with Crippen LogP contribution in [0.15, 0.2) is 12.1 Å². The first kappa shape index (κ1) is 17.3. The van der Waals surface area contributed by atoms with Crippen LogP contribution in [0.1, 0.15) is 49.4 Å². The molecule has 0 fully saturated rings. The number of hydrogen-bond acceptors (Lipinski definition) is 3. The molecule has 0 radical (unpaired) electrons. The second kappa shape index (κ2) is 8.52. The summed E-state index contributed by atoms with van der Waals surface area (Å²) in [6, 6.07) is 2.64. The van der Waals surface area contributed by atoms with Crippen molar-refractivity contribution in [1.82, 2.24) is 0 Å². The van der Waals surface area contributed by atoms with E-state index in [0.29, 0.717) is 6.42 Å². The smallest absolute Gasteiger partial charge is 0.335 e.